The zero-order chi connectivity index (χ0) is 15.7. The third-order valence-corrected chi connectivity index (χ3v) is 5.47. The van der Waals surface area contributed by atoms with Gasteiger partial charge >= 0.3 is 0 Å². The molecule has 1 atom stereocenters. The maximum atomic E-state index is 11.5. The number of thiazole rings is 1. The van der Waals surface area contributed by atoms with Crippen molar-refractivity contribution < 1.29 is 4.79 Å². The van der Waals surface area contributed by atoms with Gasteiger partial charge in [-0.2, -0.15) is 0 Å². The SMILES string of the molecule is CC(=O)N1CCC[C@H](c2ccc(-c3nc(C)c(C)s3)cn2)C1. The van der Waals surface area contributed by atoms with Crippen molar-refractivity contribution in [3.05, 3.63) is 34.6 Å². The Bertz CT molecular complexity index is 658. The number of piperidine rings is 1. The van der Waals surface area contributed by atoms with Crippen LogP contribution < -0.4 is 0 Å². The number of nitrogens with zero attached hydrogens (tertiary/aromatic N) is 3. The van der Waals surface area contributed by atoms with Crippen LogP contribution in [0.15, 0.2) is 18.3 Å². The van der Waals surface area contributed by atoms with Gasteiger partial charge < -0.3 is 4.90 Å². The van der Waals surface area contributed by atoms with Crippen LogP contribution in [0.4, 0.5) is 0 Å². The summed E-state index contributed by atoms with van der Waals surface area (Å²) in [4.78, 5) is 24.0. The Morgan fingerprint density at radius 3 is 2.77 bits per heavy atom. The first-order chi connectivity index (χ1) is 10.5. The number of pyridine rings is 1. The monoisotopic (exact) mass is 315 g/mol. The predicted molar refractivity (Wildman–Crippen MR) is 89.0 cm³/mol. The summed E-state index contributed by atoms with van der Waals surface area (Å²) in [7, 11) is 0. The van der Waals surface area contributed by atoms with Crippen LogP contribution in [0.5, 0.6) is 0 Å². The molecule has 1 amide bonds. The number of aryl methyl sites for hydroxylation is 2. The predicted octanol–water partition coefficient (Wildman–Crippen LogP) is 3.55. The molecule has 22 heavy (non-hydrogen) atoms. The van der Waals surface area contributed by atoms with Gasteiger partial charge in [-0.25, -0.2) is 4.98 Å². The minimum atomic E-state index is 0.162. The molecule has 1 saturated heterocycles. The summed E-state index contributed by atoms with van der Waals surface area (Å²) in [6.45, 7) is 7.44. The molecule has 0 unspecified atom stereocenters. The molecule has 2 aromatic heterocycles. The molecule has 0 aliphatic carbocycles. The van der Waals surface area contributed by atoms with E-state index in [0.717, 1.165) is 47.9 Å². The van der Waals surface area contributed by atoms with Gasteiger partial charge in [0.05, 0.1) is 5.69 Å². The average Bonchev–Trinajstić information content (AvgIpc) is 2.87. The molecule has 0 radical (unpaired) electrons. The summed E-state index contributed by atoms with van der Waals surface area (Å²) in [5.41, 5.74) is 3.25. The summed E-state index contributed by atoms with van der Waals surface area (Å²) in [6.07, 6.45) is 4.07. The highest BCUT2D eigenvalue weighted by Crippen LogP contribution is 2.29. The molecular weight excluding hydrogens is 294 g/mol. The third kappa shape index (κ3) is 3.04. The van der Waals surface area contributed by atoms with Crippen LogP contribution in [0.3, 0.4) is 0 Å². The lowest BCUT2D eigenvalue weighted by Gasteiger charge is -2.31. The fourth-order valence-corrected chi connectivity index (χ4v) is 3.78. The maximum absolute atomic E-state index is 11.5. The molecule has 116 valence electrons. The summed E-state index contributed by atoms with van der Waals surface area (Å²) >= 11 is 1.71. The van der Waals surface area contributed by atoms with Gasteiger partial charge in [0.25, 0.3) is 0 Å². The van der Waals surface area contributed by atoms with Crippen molar-refractivity contribution in [2.45, 2.75) is 39.5 Å². The van der Waals surface area contributed by atoms with Crippen molar-refractivity contribution in [3.63, 3.8) is 0 Å². The minimum absolute atomic E-state index is 0.162. The van der Waals surface area contributed by atoms with Crippen LogP contribution in [0.1, 0.15) is 41.9 Å². The number of likely N-dealkylation sites (tertiary alicyclic amines) is 1. The van der Waals surface area contributed by atoms with Gasteiger partial charge in [-0.05, 0) is 38.8 Å². The number of rotatable bonds is 2. The van der Waals surface area contributed by atoms with Crippen molar-refractivity contribution in [1.82, 2.24) is 14.9 Å². The zero-order valence-electron chi connectivity index (χ0n) is 13.3. The van der Waals surface area contributed by atoms with Gasteiger partial charge in [-0.3, -0.25) is 9.78 Å². The number of hydrogen-bond acceptors (Lipinski definition) is 4. The molecule has 4 nitrogen and oxygen atoms in total. The van der Waals surface area contributed by atoms with E-state index in [1.807, 2.05) is 18.0 Å². The van der Waals surface area contributed by atoms with Crippen molar-refractivity contribution in [3.8, 4) is 10.6 Å². The number of aromatic nitrogens is 2. The Labute approximate surface area is 135 Å². The molecule has 0 N–H and O–H groups in total. The van der Waals surface area contributed by atoms with Crippen LogP contribution in [0.2, 0.25) is 0 Å². The second-order valence-corrected chi connectivity index (χ2v) is 7.14. The van der Waals surface area contributed by atoms with E-state index in [-0.39, 0.29) is 5.91 Å². The summed E-state index contributed by atoms with van der Waals surface area (Å²) in [5.74, 6) is 0.515. The average molecular weight is 315 g/mol. The van der Waals surface area contributed by atoms with Gasteiger partial charge in [0.1, 0.15) is 5.01 Å². The first kappa shape index (κ1) is 15.2. The van der Waals surface area contributed by atoms with Gasteiger partial charge in [-0.15, -0.1) is 11.3 Å². The molecule has 0 saturated carbocycles. The lowest BCUT2D eigenvalue weighted by molar-refractivity contribution is -0.130. The van der Waals surface area contributed by atoms with E-state index < -0.39 is 0 Å². The molecule has 5 heteroatoms. The largest absolute Gasteiger partial charge is 0.342 e. The number of amides is 1. The highest BCUT2D eigenvalue weighted by Gasteiger charge is 2.23. The van der Waals surface area contributed by atoms with E-state index in [0.29, 0.717) is 5.92 Å². The maximum Gasteiger partial charge on any atom is 0.219 e. The third-order valence-electron chi connectivity index (χ3n) is 4.35. The Balaban J connectivity index is 1.77. The van der Waals surface area contributed by atoms with Crippen LogP contribution in [-0.2, 0) is 4.79 Å². The molecule has 0 bridgehead atoms. The molecule has 1 aliphatic heterocycles. The van der Waals surface area contributed by atoms with E-state index in [4.69, 9.17) is 0 Å². The Hall–Kier alpha value is -1.75. The molecule has 1 aliphatic rings. The summed E-state index contributed by atoms with van der Waals surface area (Å²) < 4.78 is 0. The quantitative estimate of drug-likeness (QED) is 0.851. The van der Waals surface area contributed by atoms with E-state index in [1.54, 1.807) is 18.3 Å². The number of hydrogen-bond donors (Lipinski definition) is 0. The molecular formula is C17H21N3OS. The fraction of sp³-hybridized carbons (Fsp3) is 0.471. The van der Waals surface area contributed by atoms with Crippen molar-refractivity contribution >= 4 is 17.2 Å². The minimum Gasteiger partial charge on any atom is -0.342 e. The van der Waals surface area contributed by atoms with Crippen LogP contribution in [-0.4, -0.2) is 33.9 Å². The van der Waals surface area contributed by atoms with Gasteiger partial charge in [0.2, 0.25) is 5.91 Å². The normalized spacial score (nSPS) is 18.5. The van der Waals surface area contributed by atoms with E-state index in [2.05, 4.69) is 29.0 Å². The summed E-state index contributed by atoms with van der Waals surface area (Å²) in [6, 6.07) is 4.20. The standard InChI is InChI=1S/C17H21N3OS/c1-11-12(2)22-17(19-11)14-6-7-16(18-9-14)15-5-4-8-20(10-15)13(3)21/h6-7,9,15H,4-5,8,10H2,1-3H3/t15-/m0/s1. The van der Waals surface area contributed by atoms with Crippen molar-refractivity contribution in [2.24, 2.45) is 0 Å². The number of carbonyl (C=O) groups is 1. The Morgan fingerprint density at radius 1 is 1.36 bits per heavy atom. The number of carbonyl (C=O) groups excluding carboxylic acids is 1. The summed E-state index contributed by atoms with van der Waals surface area (Å²) in [5, 5.41) is 1.03. The van der Waals surface area contributed by atoms with Gasteiger partial charge in [0.15, 0.2) is 0 Å². The first-order valence-electron chi connectivity index (χ1n) is 7.70. The van der Waals surface area contributed by atoms with Gasteiger partial charge in [-0.1, -0.05) is 0 Å². The van der Waals surface area contributed by atoms with Crippen LogP contribution >= 0.6 is 11.3 Å². The molecule has 0 spiro atoms. The second kappa shape index (κ2) is 6.16. The molecule has 0 aromatic carbocycles. The molecule has 1 fully saturated rings. The van der Waals surface area contributed by atoms with Crippen LogP contribution in [0, 0.1) is 13.8 Å². The topological polar surface area (TPSA) is 46.1 Å². The lowest BCUT2D eigenvalue weighted by Crippen LogP contribution is -2.37. The Morgan fingerprint density at radius 2 is 2.18 bits per heavy atom. The molecule has 2 aromatic rings. The molecule has 3 rings (SSSR count). The van der Waals surface area contributed by atoms with Crippen molar-refractivity contribution in [2.75, 3.05) is 13.1 Å². The first-order valence-corrected chi connectivity index (χ1v) is 8.52. The van der Waals surface area contributed by atoms with E-state index in [1.165, 1.54) is 4.88 Å². The Kier molecular flexibility index (Phi) is 4.25. The highest BCUT2D eigenvalue weighted by atomic mass is 32.1. The van der Waals surface area contributed by atoms with E-state index >= 15 is 0 Å². The van der Waals surface area contributed by atoms with Crippen LogP contribution in [0.25, 0.3) is 10.6 Å². The highest BCUT2D eigenvalue weighted by molar-refractivity contribution is 7.15. The smallest absolute Gasteiger partial charge is 0.219 e. The van der Waals surface area contributed by atoms with Crippen molar-refractivity contribution in [1.29, 1.82) is 0 Å². The second-order valence-electron chi connectivity index (χ2n) is 5.94. The lowest BCUT2D eigenvalue weighted by atomic mass is 9.94. The van der Waals surface area contributed by atoms with E-state index in [9.17, 15) is 4.79 Å². The molecule has 3 heterocycles. The fourth-order valence-electron chi connectivity index (χ4n) is 2.87. The van der Waals surface area contributed by atoms with Gasteiger partial charge in [0, 0.05) is 48.3 Å². The zero-order valence-corrected chi connectivity index (χ0v) is 14.1.